The van der Waals surface area contributed by atoms with E-state index in [1.54, 1.807) is 20.3 Å². The van der Waals surface area contributed by atoms with E-state index in [0.717, 1.165) is 35.5 Å². The second kappa shape index (κ2) is 8.75. The van der Waals surface area contributed by atoms with Gasteiger partial charge in [0.2, 0.25) is 0 Å². The fourth-order valence-corrected chi connectivity index (χ4v) is 3.41. The fourth-order valence-electron chi connectivity index (χ4n) is 3.41. The lowest BCUT2D eigenvalue weighted by Crippen LogP contribution is -2.19. The molecule has 1 unspecified atom stereocenters. The highest BCUT2D eigenvalue weighted by molar-refractivity contribution is 5.77. The molecule has 6 N–H and O–H groups in total. The van der Waals surface area contributed by atoms with Crippen LogP contribution < -0.4 is 16.2 Å². The van der Waals surface area contributed by atoms with Crippen molar-refractivity contribution in [2.24, 2.45) is 11.5 Å². The standard InChI is InChI=1S/C23H26N2O4/c1-28-17-8-3-14(4-9-17)21(22(24)15-5-10-18(29-2)11-6-15)23(25)19-12-7-16(26)13-20(19)27/h3-5,7-10,12-13,23,26-27H,6,11,24-25H2,1-2H3/b22-21-. The Morgan fingerprint density at radius 2 is 1.69 bits per heavy atom. The number of hydrogen-bond acceptors (Lipinski definition) is 6. The van der Waals surface area contributed by atoms with Crippen molar-refractivity contribution < 1.29 is 19.7 Å². The van der Waals surface area contributed by atoms with Crippen molar-refractivity contribution >= 4 is 5.57 Å². The number of aromatic hydroxyl groups is 2. The van der Waals surface area contributed by atoms with Gasteiger partial charge in [-0.25, -0.2) is 0 Å². The van der Waals surface area contributed by atoms with E-state index in [9.17, 15) is 10.2 Å². The Bertz CT molecular complexity index is 975. The zero-order valence-corrected chi connectivity index (χ0v) is 16.6. The fraction of sp³-hybridized carbons (Fsp3) is 0.217. The maximum atomic E-state index is 10.3. The van der Waals surface area contributed by atoms with Crippen molar-refractivity contribution in [3.63, 3.8) is 0 Å². The molecule has 0 radical (unpaired) electrons. The minimum atomic E-state index is -0.697. The van der Waals surface area contributed by atoms with Crippen LogP contribution in [0.1, 0.15) is 30.0 Å². The number of rotatable bonds is 6. The number of phenolic OH excluding ortho intramolecular Hbond substituents is 2. The summed E-state index contributed by atoms with van der Waals surface area (Å²) in [7, 11) is 3.25. The van der Waals surface area contributed by atoms with Crippen molar-refractivity contribution in [3.8, 4) is 17.2 Å². The average molecular weight is 394 g/mol. The van der Waals surface area contributed by atoms with Crippen molar-refractivity contribution in [1.29, 1.82) is 0 Å². The summed E-state index contributed by atoms with van der Waals surface area (Å²) in [5.74, 6) is 1.49. The highest BCUT2D eigenvalue weighted by Gasteiger charge is 2.23. The normalized spacial score (nSPS) is 15.7. The van der Waals surface area contributed by atoms with E-state index in [-0.39, 0.29) is 11.5 Å². The largest absolute Gasteiger partial charge is 0.508 e. The van der Waals surface area contributed by atoms with Crippen molar-refractivity contribution in [3.05, 3.63) is 82.8 Å². The molecule has 0 saturated carbocycles. The third kappa shape index (κ3) is 4.38. The summed E-state index contributed by atoms with van der Waals surface area (Å²) < 4.78 is 10.5. The molecule has 0 spiro atoms. The van der Waals surface area contributed by atoms with Gasteiger partial charge in [-0.1, -0.05) is 18.2 Å². The van der Waals surface area contributed by atoms with Crippen LogP contribution in [0, 0.1) is 0 Å². The second-order valence-electron chi connectivity index (χ2n) is 6.81. The molecule has 0 amide bonds. The predicted molar refractivity (Wildman–Crippen MR) is 113 cm³/mol. The predicted octanol–water partition coefficient (Wildman–Crippen LogP) is 3.73. The molecular weight excluding hydrogens is 368 g/mol. The molecule has 2 aromatic rings. The highest BCUT2D eigenvalue weighted by Crippen LogP contribution is 2.38. The number of allylic oxidation sites excluding steroid dienone is 4. The van der Waals surface area contributed by atoms with Gasteiger partial charge in [0, 0.05) is 29.3 Å². The highest BCUT2D eigenvalue weighted by atomic mass is 16.5. The molecule has 0 aromatic heterocycles. The van der Waals surface area contributed by atoms with E-state index in [4.69, 9.17) is 20.9 Å². The Morgan fingerprint density at radius 3 is 2.24 bits per heavy atom. The van der Waals surface area contributed by atoms with Crippen LogP contribution in [0.2, 0.25) is 0 Å². The van der Waals surface area contributed by atoms with Gasteiger partial charge in [0.1, 0.15) is 17.2 Å². The first kappa shape index (κ1) is 20.4. The molecule has 3 rings (SSSR count). The lowest BCUT2D eigenvalue weighted by atomic mass is 9.87. The SMILES string of the molecule is COC1=CC=C(/C(N)=C(\c2ccc(OC)cc2)C(N)c2ccc(O)cc2O)CC1. The van der Waals surface area contributed by atoms with Crippen LogP contribution in [0.5, 0.6) is 17.2 Å². The molecule has 1 atom stereocenters. The summed E-state index contributed by atoms with van der Waals surface area (Å²) in [5, 5.41) is 19.9. The lowest BCUT2D eigenvalue weighted by Gasteiger charge is -2.23. The minimum Gasteiger partial charge on any atom is -0.508 e. The molecular formula is C23H26N2O4. The summed E-state index contributed by atoms with van der Waals surface area (Å²) >= 11 is 0. The summed E-state index contributed by atoms with van der Waals surface area (Å²) in [5.41, 5.74) is 16.7. The number of hydrogen-bond donors (Lipinski definition) is 4. The van der Waals surface area contributed by atoms with Gasteiger partial charge in [-0.3, -0.25) is 0 Å². The maximum absolute atomic E-state index is 10.3. The first-order valence-corrected chi connectivity index (χ1v) is 9.30. The van der Waals surface area contributed by atoms with Gasteiger partial charge in [0.05, 0.1) is 26.0 Å². The molecule has 0 saturated heterocycles. The van der Waals surface area contributed by atoms with Crippen LogP contribution in [-0.2, 0) is 4.74 Å². The van der Waals surface area contributed by atoms with E-state index in [2.05, 4.69) is 0 Å². The van der Waals surface area contributed by atoms with Crippen molar-refractivity contribution in [2.75, 3.05) is 14.2 Å². The zero-order valence-electron chi connectivity index (χ0n) is 16.6. The van der Waals surface area contributed by atoms with Crippen LogP contribution in [0.25, 0.3) is 5.57 Å². The Labute approximate surface area is 170 Å². The molecule has 0 heterocycles. The first-order valence-electron chi connectivity index (χ1n) is 9.30. The first-order chi connectivity index (χ1) is 13.9. The topological polar surface area (TPSA) is 111 Å². The Balaban J connectivity index is 2.13. The van der Waals surface area contributed by atoms with E-state index >= 15 is 0 Å². The molecule has 29 heavy (non-hydrogen) atoms. The van der Waals surface area contributed by atoms with E-state index < -0.39 is 6.04 Å². The molecule has 6 heteroatoms. The zero-order chi connectivity index (χ0) is 21.0. The molecule has 1 aliphatic rings. The van der Waals surface area contributed by atoms with Gasteiger partial charge in [0.25, 0.3) is 0 Å². The molecule has 0 aliphatic heterocycles. The van der Waals surface area contributed by atoms with Crippen molar-refractivity contribution in [1.82, 2.24) is 0 Å². The molecule has 6 nitrogen and oxygen atoms in total. The van der Waals surface area contributed by atoms with Gasteiger partial charge in [-0.2, -0.15) is 0 Å². The summed E-state index contributed by atoms with van der Waals surface area (Å²) in [6.45, 7) is 0. The maximum Gasteiger partial charge on any atom is 0.124 e. The smallest absolute Gasteiger partial charge is 0.124 e. The Kier molecular flexibility index (Phi) is 6.14. The van der Waals surface area contributed by atoms with Gasteiger partial charge in [-0.05, 0) is 47.9 Å². The van der Waals surface area contributed by atoms with Crippen LogP contribution in [-0.4, -0.2) is 24.4 Å². The molecule has 1 aliphatic carbocycles. The summed E-state index contributed by atoms with van der Waals surface area (Å²) in [4.78, 5) is 0. The van der Waals surface area contributed by atoms with Gasteiger partial charge < -0.3 is 31.2 Å². The Hall–Kier alpha value is -3.38. The van der Waals surface area contributed by atoms with E-state index in [1.165, 1.54) is 12.1 Å². The number of benzene rings is 2. The van der Waals surface area contributed by atoms with Crippen LogP contribution in [0.3, 0.4) is 0 Å². The molecule has 2 aromatic carbocycles. The van der Waals surface area contributed by atoms with Gasteiger partial charge >= 0.3 is 0 Å². The number of methoxy groups -OCH3 is 2. The molecule has 152 valence electrons. The summed E-state index contributed by atoms with van der Waals surface area (Å²) in [6.07, 6.45) is 5.31. The van der Waals surface area contributed by atoms with Crippen LogP contribution in [0.15, 0.2) is 71.6 Å². The number of ether oxygens (including phenoxy) is 2. The lowest BCUT2D eigenvalue weighted by molar-refractivity contribution is 0.276. The molecule has 0 fully saturated rings. The third-order valence-electron chi connectivity index (χ3n) is 5.07. The molecule has 0 bridgehead atoms. The van der Waals surface area contributed by atoms with Gasteiger partial charge in [0.15, 0.2) is 0 Å². The quantitative estimate of drug-likeness (QED) is 0.594. The Morgan fingerprint density at radius 1 is 0.966 bits per heavy atom. The average Bonchev–Trinajstić information content (AvgIpc) is 2.74. The second-order valence-corrected chi connectivity index (χ2v) is 6.81. The monoisotopic (exact) mass is 394 g/mol. The third-order valence-corrected chi connectivity index (χ3v) is 5.07. The number of phenols is 2. The summed E-state index contributed by atoms with van der Waals surface area (Å²) in [6, 6.07) is 11.1. The van der Waals surface area contributed by atoms with E-state index in [0.29, 0.717) is 16.8 Å². The van der Waals surface area contributed by atoms with E-state index in [1.807, 2.05) is 36.4 Å². The van der Waals surface area contributed by atoms with Crippen molar-refractivity contribution in [2.45, 2.75) is 18.9 Å². The van der Waals surface area contributed by atoms with Gasteiger partial charge in [-0.15, -0.1) is 0 Å². The van der Waals surface area contributed by atoms with Crippen LogP contribution >= 0.6 is 0 Å². The number of nitrogens with two attached hydrogens (primary N) is 2. The minimum absolute atomic E-state index is 0.0337. The van der Waals surface area contributed by atoms with Crippen LogP contribution in [0.4, 0.5) is 0 Å².